The van der Waals surface area contributed by atoms with E-state index in [0.29, 0.717) is 13.1 Å². The maximum atomic E-state index is 12.2. The van der Waals surface area contributed by atoms with E-state index < -0.39 is 5.97 Å². The second-order valence-corrected chi connectivity index (χ2v) is 7.86. The minimum absolute atomic E-state index is 0.0494. The molecule has 0 radical (unpaired) electrons. The highest BCUT2D eigenvalue weighted by atomic mass is 16.5. The number of benzene rings is 2. The number of carbonyl (C=O) groups excluding carboxylic acids is 2. The zero-order valence-corrected chi connectivity index (χ0v) is 18.4. The number of carbonyl (C=O) groups is 2. The van der Waals surface area contributed by atoms with Crippen LogP contribution in [-0.2, 0) is 25.6 Å². The number of nitrogens with zero attached hydrogens (tertiary/aromatic N) is 2. The molecule has 1 amide bonds. The van der Waals surface area contributed by atoms with Gasteiger partial charge in [-0.3, -0.25) is 9.48 Å². The maximum Gasteiger partial charge on any atom is 0.331 e. The molecule has 0 bridgehead atoms. The third-order valence-corrected chi connectivity index (χ3v) is 5.32. The zero-order valence-electron chi connectivity index (χ0n) is 18.4. The summed E-state index contributed by atoms with van der Waals surface area (Å²) in [5.41, 5.74) is 3.64. The number of esters is 1. The lowest BCUT2D eigenvalue weighted by atomic mass is 10.1. The highest BCUT2D eigenvalue weighted by Gasteiger charge is 2.16. The number of nitrogens with one attached hydrogen (secondary N) is 1. The zero-order chi connectivity index (χ0) is 22.9. The summed E-state index contributed by atoms with van der Waals surface area (Å²) >= 11 is 0. The van der Waals surface area contributed by atoms with Crippen LogP contribution in [0.3, 0.4) is 0 Å². The van der Waals surface area contributed by atoms with Crippen molar-refractivity contribution >= 4 is 18.0 Å². The van der Waals surface area contributed by atoms with E-state index in [-0.39, 0.29) is 18.6 Å². The van der Waals surface area contributed by atoms with E-state index in [1.165, 1.54) is 6.08 Å². The molecule has 1 aliphatic rings. The Morgan fingerprint density at radius 1 is 1.12 bits per heavy atom. The quantitative estimate of drug-likeness (QED) is 0.403. The maximum absolute atomic E-state index is 12.2. The van der Waals surface area contributed by atoms with Gasteiger partial charge in [-0.25, -0.2) is 4.79 Å². The molecule has 1 aliphatic heterocycles. The van der Waals surface area contributed by atoms with Crippen molar-refractivity contribution < 1.29 is 19.1 Å². The van der Waals surface area contributed by atoms with Crippen LogP contribution >= 0.6 is 0 Å². The normalized spacial score (nSPS) is 15.6. The van der Waals surface area contributed by atoms with Gasteiger partial charge in [0.05, 0.1) is 18.3 Å². The summed E-state index contributed by atoms with van der Waals surface area (Å²) in [6.45, 7) is 1.46. The largest absolute Gasteiger partial charge is 0.452 e. The van der Waals surface area contributed by atoms with E-state index in [2.05, 4.69) is 5.32 Å². The van der Waals surface area contributed by atoms with Crippen molar-refractivity contribution in [2.45, 2.75) is 25.5 Å². The Morgan fingerprint density at radius 2 is 1.88 bits per heavy atom. The van der Waals surface area contributed by atoms with Crippen molar-refractivity contribution in [1.29, 1.82) is 0 Å². The van der Waals surface area contributed by atoms with Gasteiger partial charge in [0.2, 0.25) is 0 Å². The molecule has 1 saturated heterocycles. The molecule has 1 atom stereocenters. The van der Waals surface area contributed by atoms with Crippen molar-refractivity contribution in [3.05, 3.63) is 84.1 Å². The highest BCUT2D eigenvalue weighted by Crippen LogP contribution is 2.23. The molecule has 33 heavy (non-hydrogen) atoms. The molecule has 4 rings (SSSR count). The SMILES string of the molecule is O=C(COC(=O)/C=C/c1cn(Cc2ccccc2)nc1-c1ccccc1)NCC1CCCO1. The standard InChI is InChI=1S/C26H27N3O4/c30-24(27-16-23-12-7-15-32-23)19-33-25(31)14-13-22-18-29(17-20-8-3-1-4-9-20)28-26(22)21-10-5-2-6-11-21/h1-6,8-11,13-14,18,23H,7,12,15-17,19H2,(H,27,30)/b14-13+. The Labute approximate surface area is 193 Å². The van der Waals surface area contributed by atoms with Gasteiger partial charge >= 0.3 is 5.97 Å². The van der Waals surface area contributed by atoms with Gasteiger partial charge in [-0.1, -0.05) is 60.7 Å². The van der Waals surface area contributed by atoms with Gasteiger partial charge in [-0.05, 0) is 24.5 Å². The molecule has 2 heterocycles. The van der Waals surface area contributed by atoms with Gasteiger partial charge in [0.25, 0.3) is 5.91 Å². The van der Waals surface area contributed by atoms with Gasteiger partial charge in [0.15, 0.2) is 6.61 Å². The van der Waals surface area contributed by atoms with Crippen molar-refractivity contribution in [1.82, 2.24) is 15.1 Å². The van der Waals surface area contributed by atoms with Crippen molar-refractivity contribution in [3.8, 4) is 11.3 Å². The molecule has 170 valence electrons. The van der Waals surface area contributed by atoms with Gasteiger partial charge in [0, 0.05) is 36.6 Å². The Morgan fingerprint density at radius 3 is 2.61 bits per heavy atom. The Bertz CT molecular complexity index is 1090. The average Bonchev–Trinajstić information content (AvgIpc) is 3.51. The topological polar surface area (TPSA) is 82.5 Å². The molecule has 1 N–H and O–H groups in total. The third-order valence-electron chi connectivity index (χ3n) is 5.32. The fourth-order valence-corrected chi connectivity index (χ4v) is 3.66. The Balaban J connectivity index is 1.39. The Kier molecular flexibility index (Phi) is 7.66. The summed E-state index contributed by atoms with van der Waals surface area (Å²) < 4.78 is 12.4. The lowest BCUT2D eigenvalue weighted by Gasteiger charge is -2.10. The first-order chi connectivity index (χ1) is 16.2. The van der Waals surface area contributed by atoms with E-state index >= 15 is 0 Å². The molecular weight excluding hydrogens is 418 g/mol. The number of aromatic nitrogens is 2. The smallest absolute Gasteiger partial charge is 0.331 e. The first kappa shape index (κ1) is 22.5. The first-order valence-corrected chi connectivity index (χ1v) is 11.1. The lowest BCUT2D eigenvalue weighted by molar-refractivity contribution is -0.143. The summed E-state index contributed by atoms with van der Waals surface area (Å²) in [4.78, 5) is 24.1. The summed E-state index contributed by atoms with van der Waals surface area (Å²) in [6, 6.07) is 19.8. The van der Waals surface area contributed by atoms with E-state index in [1.807, 2.05) is 71.5 Å². The molecule has 0 spiro atoms. The van der Waals surface area contributed by atoms with E-state index in [9.17, 15) is 9.59 Å². The van der Waals surface area contributed by atoms with Crippen LogP contribution in [0.15, 0.2) is 72.9 Å². The van der Waals surface area contributed by atoms with Crippen LogP contribution in [0.5, 0.6) is 0 Å². The second-order valence-electron chi connectivity index (χ2n) is 7.86. The molecule has 1 aromatic heterocycles. The number of rotatable bonds is 9. The van der Waals surface area contributed by atoms with Gasteiger partial charge in [-0.15, -0.1) is 0 Å². The molecule has 3 aromatic rings. The van der Waals surface area contributed by atoms with Crippen LogP contribution in [0.25, 0.3) is 17.3 Å². The van der Waals surface area contributed by atoms with E-state index in [1.54, 1.807) is 6.08 Å². The third kappa shape index (κ3) is 6.63. The van der Waals surface area contributed by atoms with Crippen LogP contribution in [0.1, 0.15) is 24.0 Å². The van der Waals surface area contributed by atoms with E-state index in [0.717, 1.165) is 41.8 Å². The molecular formula is C26H27N3O4. The molecule has 1 unspecified atom stereocenters. The van der Waals surface area contributed by atoms with Gasteiger partial charge in [-0.2, -0.15) is 5.10 Å². The molecule has 7 nitrogen and oxygen atoms in total. The summed E-state index contributed by atoms with van der Waals surface area (Å²) in [5.74, 6) is -0.926. The fraction of sp³-hybridized carbons (Fsp3) is 0.269. The second kappa shape index (κ2) is 11.2. The first-order valence-electron chi connectivity index (χ1n) is 11.1. The van der Waals surface area contributed by atoms with Crippen LogP contribution < -0.4 is 5.32 Å². The number of amides is 1. The molecule has 7 heteroatoms. The summed E-state index contributed by atoms with van der Waals surface area (Å²) in [6.07, 6.45) is 6.88. The predicted molar refractivity (Wildman–Crippen MR) is 125 cm³/mol. The molecule has 0 aliphatic carbocycles. The lowest BCUT2D eigenvalue weighted by Crippen LogP contribution is -2.34. The fourth-order valence-electron chi connectivity index (χ4n) is 3.66. The number of hydrogen-bond acceptors (Lipinski definition) is 5. The Hall–Kier alpha value is -3.71. The highest BCUT2D eigenvalue weighted by molar-refractivity contribution is 5.90. The van der Waals surface area contributed by atoms with Crippen LogP contribution in [0, 0.1) is 0 Å². The van der Waals surface area contributed by atoms with Crippen molar-refractivity contribution in [3.63, 3.8) is 0 Å². The number of ether oxygens (including phenoxy) is 2. The number of hydrogen-bond donors (Lipinski definition) is 1. The van der Waals surface area contributed by atoms with Crippen LogP contribution in [-0.4, -0.2) is 47.5 Å². The minimum Gasteiger partial charge on any atom is -0.452 e. The van der Waals surface area contributed by atoms with Gasteiger partial charge in [0.1, 0.15) is 0 Å². The average molecular weight is 446 g/mol. The predicted octanol–water partition coefficient (Wildman–Crippen LogP) is 3.45. The molecule has 1 fully saturated rings. The summed E-state index contributed by atoms with van der Waals surface area (Å²) in [7, 11) is 0. The van der Waals surface area contributed by atoms with Crippen molar-refractivity contribution in [2.24, 2.45) is 0 Å². The van der Waals surface area contributed by atoms with E-state index in [4.69, 9.17) is 14.6 Å². The molecule has 0 saturated carbocycles. The monoisotopic (exact) mass is 445 g/mol. The minimum atomic E-state index is -0.586. The van der Waals surface area contributed by atoms with Crippen molar-refractivity contribution in [2.75, 3.05) is 19.8 Å². The summed E-state index contributed by atoms with van der Waals surface area (Å²) in [5, 5.41) is 7.46. The van der Waals surface area contributed by atoms with Crippen LogP contribution in [0.4, 0.5) is 0 Å². The van der Waals surface area contributed by atoms with Gasteiger partial charge < -0.3 is 14.8 Å². The molecule has 2 aromatic carbocycles. The van der Waals surface area contributed by atoms with Crippen LogP contribution in [0.2, 0.25) is 0 Å².